The highest BCUT2D eigenvalue weighted by atomic mass is 35.5. The van der Waals surface area contributed by atoms with Crippen LogP contribution < -0.4 is 10.6 Å². The van der Waals surface area contributed by atoms with E-state index >= 15 is 0 Å². The van der Waals surface area contributed by atoms with E-state index in [9.17, 15) is 4.79 Å². The maximum Gasteiger partial charge on any atom is 0.246 e. The molecule has 2 atom stereocenters. The highest BCUT2D eigenvalue weighted by Gasteiger charge is 2.27. The van der Waals surface area contributed by atoms with Crippen LogP contribution in [0.1, 0.15) is 11.5 Å². The lowest BCUT2D eigenvalue weighted by Gasteiger charge is -2.25. The van der Waals surface area contributed by atoms with Crippen LogP contribution in [0.15, 0.2) is 18.2 Å². The fourth-order valence-corrected chi connectivity index (χ4v) is 2.77. The quantitative estimate of drug-likeness (QED) is 0.853. The summed E-state index contributed by atoms with van der Waals surface area (Å²) in [4.78, 5) is 11.6. The molecule has 1 aromatic carbocycles. The van der Waals surface area contributed by atoms with Crippen LogP contribution in [-0.2, 0) is 14.3 Å². The molecule has 22 heavy (non-hydrogen) atoms. The Morgan fingerprint density at radius 2 is 2.27 bits per heavy atom. The Morgan fingerprint density at radius 3 is 3.00 bits per heavy atom. The third kappa shape index (κ3) is 4.83. The number of benzene rings is 1. The Kier molecular flexibility index (Phi) is 6.92. The zero-order valence-electron chi connectivity index (χ0n) is 12.4. The van der Waals surface area contributed by atoms with Gasteiger partial charge in [-0.25, -0.2) is 0 Å². The summed E-state index contributed by atoms with van der Waals surface area (Å²) in [6.07, 6.45) is -0.131. The summed E-state index contributed by atoms with van der Waals surface area (Å²) in [6.45, 7) is 2.60. The predicted molar refractivity (Wildman–Crippen MR) is 86.7 cm³/mol. The second-order valence-electron chi connectivity index (χ2n) is 5.13. The van der Waals surface area contributed by atoms with Gasteiger partial charge in [0.1, 0.15) is 6.61 Å². The molecule has 1 saturated heterocycles. The van der Waals surface area contributed by atoms with Gasteiger partial charge in [0.2, 0.25) is 5.91 Å². The van der Waals surface area contributed by atoms with E-state index in [4.69, 9.17) is 32.7 Å². The number of hydrogen-bond acceptors (Lipinski definition) is 4. The maximum absolute atomic E-state index is 11.6. The molecule has 0 bridgehead atoms. The topological polar surface area (TPSA) is 59.6 Å². The minimum atomic E-state index is -0.156. The molecule has 1 fully saturated rings. The zero-order valence-corrected chi connectivity index (χ0v) is 13.9. The molecular formula is C15H20Cl2N2O3. The summed E-state index contributed by atoms with van der Waals surface area (Å²) in [5.41, 5.74) is 1.04. The second-order valence-corrected chi connectivity index (χ2v) is 5.94. The summed E-state index contributed by atoms with van der Waals surface area (Å²) < 4.78 is 10.7. The number of halogens is 2. The Balaban J connectivity index is 2.09. The zero-order chi connectivity index (χ0) is 15.9. The molecule has 0 aromatic heterocycles. The van der Waals surface area contributed by atoms with Gasteiger partial charge in [-0.1, -0.05) is 29.3 Å². The van der Waals surface area contributed by atoms with Crippen LogP contribution in [0.25, 0.3) is 0 Å². The second kappa shape index (κ2) is 8.70. The highest BCUT2D eigenvalue weighted by Crippen LogP contribution is 2.29. The average molecular weight is 347 g/mol. The molecule has 0 unspecified atom stereocenters. The number of carbonyl (C=O) groups excluding carboxylic acids is 1. The molecule has 7 heteroatoms. The van der Waals surface area contributed by atoms with Gasteiger partial charge < -0.3 is 20.1 Å². The highest BCUT2D eigenvalue weighted by molar-refractivity contribution is 6.42. The van der Waals surface area contributed by atoms with Crippen molar-refractivity contribution in [2.75, 3.05) is 40.0 Å². The minimum Gasteiger partial charge on any atom is -0.375 e. The number of carbonyl (C=O) groups is 1. The van der Waals surface area contributed by atoms with Crippen molar-refractivity contribution in [1.82, 2.24) is 10.6 Å². The van der Waals surface area contributed by atoms with Crippen LogP contribution in [0.2, 0.25) is 10.0 Å². The first-order valence-corrected chi connectivity index (χ1v) is 7.90. The lowest BCUT2D eigenvalue weighted by atomic mass is 9.93. The molecule has 2 rings (SSSR count). The smallest absolute Gasteiger partial charge is 0.246 e. The summed E-state index contributed by atoms with van der Waals surface area (Å²) >= 11 is 12.1. The molecule has 0 saturated carbocycles. The van der Waals surface area contributed by atoms with Gasteiger partial charge >= 0.3 is 0 Å². The fourth-order valence-electron chi connectivity index (χ4n) is 2.46. The van der Waals surface area contributed by atoms with Crippen LogP contribution >= 0.6 is 23.2 Å². The van der Waals surface area contributed by atoms with E-state index in [1.807, 2.05) is 12.1 Å². The van der Waals surface area contributed by atoms with Gasteiger partial charge in [-0.2, -0.15) is 0 Å². The molecule has 1 aliphatic heterocycles. The molecular weight excluding hydrogens is 327 g/mol. The van der Waals surface area contributed by atoms with E-state index in [1.165, 1.54) is 7.11 Å². The Morgan fingerprint density at radius 1 is 1.45 bits per heavy atom. The molecule has 0 radical (unpaired) electrons. The van der Waals surface area contributed by atoms with Crippen LogP contribution in [0.4, 0.5) is 0 Å². The van der Waals surface area contributed by atoms with E-state index in [0.717, 1.165) is 18.7 Å². The predicted octanol–water partition coefficient (Wildman–Crippen LogP) is 1.83. The first-order chi connectivity index (χ1) is 10.6. The van der Waals surface area contributed by atoms with Crippen molar-refractivity contribution in [2.45, 2.75) is 12.0 Å². The third-order valence-corrected chi connectivity index (χ3v) is 4.31. The van der Waals surface area contributed by atoms with E-state index in [1.54, 1.807) is 6.07 Å². The van der Waals surface area contributed by atoms with Crippen LogP contribution in [0.3, 0.4) is 0 Å². The average Bonchev–Trinajstić information content (AvgIpc) is 2.74. The number of amides is 1. The summed E-state index contributed by atoms with van der Waals surface area (Å²) in [6, 6.07) is 5.58. The van der Waals surface area contributed by atoms with E-state index in [-0.39, 0.29) is 24.5 Å². The van der Waals surface area contributed by atoms with Crippen molar-refractivity contribution in [3.63, 3.8) is 0 Å². The normalized spacial score (nSPS) is 22.1. The molecule has 1 amide bonds. The lowest BCUT2D eigenvalue weighted by molar-refractivity contribution is -0.125. The Hall–Kier alpha value is -0.850. The van der Waals surface area contributed by atoms with Gasteiger partial charge in [-0.3, -0.25) is 4.79 Å². The van der Waals surface area contributed by atoms with Gasteiger partial charge in [-0.05, 0) is 17.7 Å². The fraction of sp³-hybridized carbons (Fsp3) is 0.533. The molecule has 1 heterocycles. The van der Waals surface area contributed by atoms with Crippen molar-refractivity contribution < 1.29 is 14.3 Å². The lowest BCUT2D eigenvalue weighted by Crippen LogP contribution is -2.39. The SMILES string of the molecule is COCC(=O)NC[C@@H]1OCCNC[C@H]1c1ccc(Cl)c(Cl)c1. The first-order valence-electron chi connectivity index (χ1n) is 7.14. The van der Waals surface area contributed by atoms with Gasteiger partial charge in [-0.15, -0.1) is 0 Å². The number of hydrogen-bond donors (Lipinski definition) is 2. The van der Waals surface area contributed by atoms with E-state index < -0.39 is 0 Å². The molecule has 2 N–H and O–H groups in total. The Labute approximate surface area is 140 Å². The number of ether oxygens (including phenoxy) is 2. The minimum absolute atomic E-state index is 0.0441. The molecule has 1 aliphatic rings. The number of methoxy groups -OCH3 is 1. The molecule has 5 nitrogen and oxygen atoms in total. The maximum atomic E-state index is 11.6. The van der Waals surface area contributed by atoms with E-state index in [0.29, 0.717) is 23.2 Å². The van der Waals surface area contributed by atoms with Crippen molar-refractivity contribution in [2.24, 2.45) is 0 Å². The number of rotatable bonds is 5. The van der Waals surface area contributed by atoms with Crippen LogP contribution in [-0.4, -0.2) is 52.0 Å². The standard InChI is InChI=1S/C15H20Cl2N2O3/c1-21-9-15(20)19-8-14-11(7-18-4-5-22-14)10-2-3-12(16)13(17)6-10/h2-3,6,11,14,18H,4-5,7-9H2,1H3,(H,19,20)/t11-,14-/m0/s1. The van der Waals surface area contributed by atoms with Gasteiger partial charge in [0.05, 0.1) is 22.8 Å². The van der Waals surface area contributed by atoms with Crippen molar-refractivity contribution in [3.05, 3.63) is 33.8 Å². The summed E-state index contributed by atoms with van der Waals surface area (Å²) in [5.74, 6) is -0.0729. The van der Waals surface area contributed by atoms with Crippen LogP contribution in [0, 0.1) is 0 Å². The molecule has 0 spiro atoms. The van der Waals surface area contributed by atoms with Crippen molar-refractivity contribution in [1.29, 1.82) is 0 Å². The largest absolute Gasteiger partial charge is 0.375 e. The number of nitrogens with one attached hydrogen (secondary N) is 2. The summed E-state index contributed by atoms with van der Waals surface area (Å²) in [7, 11) is 1.49. The molecule has 1 aromatic rings. The van der Waals surface area contributed by atoms with Crippen molar-refractivity contribution >= 4 is 29.1 Å². The monoisotopic (exact) mass is 346 g/mol. The Bertz CT molecular complexity index is 514. The van der Waals surface area contributed by atoms with E-state index in [2.05, 4.69) is 10.6 Å². The van der Waals surface area contributed by atoms with Gasteiger partial charge in [0, 0.05) is 32.7 Å². The van der Waals surface area contributed by atoms with Gasteiger partial charge in [0.15, 0.2) is 0 Å². The first kappa shape index (κ1) is 17.5. The van der Waals surface area contributed by atoms with Gasteiger partial charge in [0.25, 0.3) is 0 Å². The summed E-state index contributed by atoms with van der Waals surface area (Å²) in [5, 5.41) is 7.21. The molecule has 0 aliphatic carbocycles. The molecule has 122 valence electrons. The van der Waals surface area contributed by atoms with Crippen LogP contribution in [0.5, 0.6) is 0 Å². The third-order valence-electron chi connectivity index (χ3n) is 3.57. The van der Waals surface area contributed by atoms with Crippen molar-refractivity contribution in [3.8, 4) is 0 Å².